The number of cyclic esters (lactones) is 1. The van der Waals surface area contributed by atoms with Crippen LogP contribution in [0.25, 0.3) is 0 Å². The summed E-state index contributed by atoms with van der Waals surface area (Å²) in [5.41, 5.74) is -0.269. The Morgan fingerprint density at radius 1 is 1.12 bits per heavy atom. The van der Waals surface area contributed by atoms with Crippen LogP contribution < -0.4 is 20.3 Å². The number of nitrogens with one attached hydrogen (secondary N) is 2. The lowest BCUT2D eigenvalue weighted by Crippen LogP contribution is -2.55. The number of imide groups is 1. The molecule has 2 N–H and O–H groups in total. The number of anilines is 1. The van der Waals surface area contributed by atoms with E-state index < -0.39 is 51.8 Å². The van der Waals surface area contributed by atoms with Gasteiger partial charge in [-0.1, -0.05) is 20.8 Å². The lowest BCUT2D eigenvalue weighted by atomic mass is 9.85. The largest absolute Gasteiger partial charge is 0.495 e. The van der Waals surface area contributed by atoms with E-state index in [2.05, 4.69) is 10.8 Å². The van der Waals surface area contributed by atoms with Gasteiger partial charge in [-0.15, -0.1) is 0 Å². The normalized spacial score (nSPS) is 17.1. The molecule has 0 bridgehead atoms. The number of ketones is 1. The molecule has 0 radical (unpaired) electrons. The third-order valence-corrected chi connectivity index (χ3v) is 5.85. The first-order valence-electron chi connectivity index (χ1n) is 10.1. The van der Waals surface area contributed by atoms with Crippen LogP contribution in [0, 0.1) is 5.41 Å². The van der Waals surface area contributed by atoms with Crippen molar-refractivity contribution in [3.8, 4) is 11.5 Å². The fraction of sp³-hybridized carbons (Fsp3) is 0.524. The molecule has 0 aromatic heterocycles. The zero-order chi connectivity index (χ0) is 26.0. The van der Waals surface area contributed by atoms with E-state index in [-0.39, 0.29) is 22.1 Å². The van der Waals surface area contributed by atoms with Crippen LogP contribution in [0.1, 0.15) is 34.6 Å². The molecule has 2 rings (SSSR count). The number of nitrogens with zero attached hydrogens (tertiary/aromatic N) is 1. The van der Waals surface area contributed by atoms with E-state index in [0.717, 1.165) is 0 Å². The summed E-state index contributed by atoms with van der Waals surface area (Å²) in [5, 5.41) is 2.51. The fourth-order valence-electron chi connectivity index (χ4n) is 3.09. The lowest BCUT2D eigenvalue weighted by Gasteiger charge is -2.28. The quantitative estimate of drug-likeness (QED) is 0.378. The van der Waals surface area contributed by atoms with Crippen molar-refractivity contribution in [3.05, 3.63) is 12.1 Å². The van der Waals surface area contributed by atoms with E-state index >= 15 is 0 Å². The number of hydroxylamine groups is 1. The predicted molar refractivity (Wildman–Crippen MR) is 120 cm³/mol. The number of hydrogen-bond acceptors (Lipinski definition) is 10. The Labute approximate surface area is 199 Å². The third kappa shape index (κ3) is 5.37. The third-order valence-electron chi connectivity index (χ3n) is 4.85. The molecule has 1 aliphatic rings. The SMILES string of the molecule is CNOS(=O)c1cc(OC)c(NC(=O)C(C(=O)C(C)(C)C)N2C(=O)OC(C)(C)C2=O)cc1OC. The molecule has 1 fully saturated rings. The highest BCUT2D eigenvalue weighted by atomic mass is 32.2. The minimum absolute atomic E-state index is 0.0422. The molecule has 0 aliphatic carbocycles. The van der Waals surface area contributed by atoms with E-state index in [1.54, 1.807) is 20.8 Å². The van der Waals surface area contributed by atoms with Gasteiger partial charge in [-0.05, 0) is 13.8 Å². The molecule has 1 aliphatic heterocycles. The number of ether oxygens (including phenoxy) is 3. The summed E-state index contributed by atoms with van der Waals surface area (Å²) >= 11 is -1.97. The summed E-state index contributed by atoms with van der Waals surface area (Å²) in [7, 11) is 4.06. The number of Topliss-reactive ketones (excluding diaryl/α,β-unsaturated/α-hetero) is 1. The van der Waals surface area contributed by atoms with Crippen molar-refractivity contribution in [2.45, 2.75) is 51.2 Å². The molecule has 34 heavy (non-hydrogen) atoms. The topological polar surface area (TPSA) is 150 Å². The second-order valence-corrected chi connectivity index (χ2v) is 9.86. The maximum atomic E-state index is 13.4. The molecule has 13 heteroatoms. The Morgan fingerprint density at radius 3 is 2.15 bits per heavy atom. The van der Waals surface area contributed by atoms with E-state index in [0.29, 0.717) is 4.90 Å². The van der Waals surface area contributed by atoms with Crippen molar-refractivity contribution in [2.75, 3.05) is 26.6 Å². The van der Waals surface area contributed by atoms with Crippen LogP contribution in [0.5, 0.6) is 11.5 Å². The number of rotatable bonds is 9. The molecular formula is C21H29N3O9S. The maximum Gasteiger partial charge on any atom is 0.418 e. The summed E-state index contributed by atoms with van der Waals surface area (Å²) in [5.74, 6) is -2.33. The first-order valence-corrected chi connectivity index (χ1v) is 11.2. The lowest BCUT2D eigenvalue weighted by molar-refractivity contribution is -0.145. The van der Waals surface area contributed by atoms with E-state index in [1.807, 2.05) is 0 Å². The molecule has 2 unspecified atom stereocenters. The molecule has 12 nitrogen and oxygen atoms in total. The van der Waals surface area contributed by atoms with Crippen molar-refractivity contribution in [3.63, 3.8) is 0 Å². The summed E-state index contributed by atoms with van der Waals surface area (Å²) in [6, 6.07) is 0.829. The number of carbonyl (C=O) groups is 4. The van der Waals surface area contributed by atoms with Gasteiger partial charge in [0.25, 0.3) is 11.8 Å². The second-order valence-electron chi connectivity index (χ2n) is 8.78. The first kappa shape index (κ1) is 27.2. The zero-order valence-electron chi connectivity index (χ0n) is 20.3. The van der Waals surface area contributed by atoms with Gasteiger partial charge in [0.15, 0.2) is 17.4 Å². The van der Waals surface area contributed by atoms with Crippen molar-refractivity contribution in [1.29, 1.82) is 0 Å². The molecule has 1 saturated heterocycles. The Balaban J connectivity index is 2.53. The predicted octanol–water partition coefficient (Wildman–Crippen LogP) is 1.56. The van der Waals surface area contributed by atoms with Crippen LogP contribution in [0.4, 0.5) is 10.5 Å². The Hall–Kier alpha value is -3.03. The molecule has 1 aromatic carbocycles. The van der Waals surface area contributed by atoms with Gasteiger partial charge in [-0.2, -0.15) is 9.76 Å². The molecule has 1 heterocycles. The number of amides is 3. The Bertz CT molecular complexity index is 1030. The molecule has 188 valence electrons. The summed E-state index contributed by atoms with van der Waals surface area (Å²) in [6.45, 7) is 7.40. The molecule has 2 atom stereocenters. The van der Waals surface area contributed by atoms with Crippen molar-refractivity contribution < 1.29 is 41.9 Å². The van der Waals surface area contributed by atoms with Crippen LogP contribution in [0.15, 0.2) is 17.0 Å². The van der Waals surface area contributed by atoms with Gasteiger partial charge >= 0.3 is 6.09 Å². The van der Waals surface area contributed by atoms with Gasteiger partial charge in [-0.3, -0.25) is 14.4 Å². The van der Waals surface area contributed by atoms with Crippen LogP contribution in [0.3, 0.4) is 0 Å². The van der Waals surface area contributed by atoms with Crippen LogP contribution in [-0.2, 0) is 34.5 Å². The van der Waals surface area contributed by atoms with Gasteiger partial charge in [-0.25, -0.2) is 13.9 Å². The molecule has 0 spiro atoms. The number of benzene rings is 1. The van der Waals surface area contributed by atoms with Gasteiger partial charge in [0.1, 0.15) is 16.4 Å². The van der Waals surface area contributed by atoms with Crippen LogP contribution in [-0.4, -0.2) is 65.7 Å². The molecule has 0 saturated carbocycles. The summed E-state index contributed by atoms with van der Waals surface area (Å²) < 4.78 is 32.8. The summed E-state index contributed by atoms with van der Waals surface area (Å²) in [4.78, 5) is 52.5. The Kier molecular flexibility index (Phi) is 8.06. The average molecular weight is 500 g/mol. The molecular weight excluding hydrogens is 470 g/mol. The zero-order valence-corrected chi connectivity index (χ0v) is 21.1. The number of carbonyl (C=O) groups excluding carboxylic acids is 4. The highest BCUT2D eigenvalue weighted by molar-refractivity contribution is 7.80. The average Bonchev–Trinajstić information content (AvgIpc) is 2.94. The summed E-state index contributed by atoms with van der Waals surface area (Å²) in [6.07, 6.45) is -1.10. The van der Waals surface area contributed by atoms with Gasteiger partial charge < -0.3 is 19.5 Å². The van der Waals surface area contributed by atoms with E-state index in [1.165, 1.54) is 47.2 Å². The highest BCUT2D eigenvalue weighted by Gasteiger charge is 2.55. The first-order chi connectivity index (χ1) is 15.7. The highest BCUT2D eigenvalue weighted by Crippen LogP contribution is 2.36. The van der Waals surface area contributed by atoms with Gasteiger partial charge in [0.2, 0.25) is 11.1 Å². The second kappa shape index (κ2) is 10.1. The molecule has 1 aromatic rings. The van der Waals surface area contributed by atoms with Crippen molar-refractivity contribution in [1.82, 2.24) is 10.4 Å². The van der Waals surface area contributed by atoms with Gasteiger partial charge in [0.05, 0.1) is 19.9 Å². The van der Waals surface area contributed by atoms with Crippen LogP contribution in [0.2, 0.25) is 0 Å². The fourth-order valence-corrected chi connectivity index (χ4v) is 3.84. The van der Waals surface area contributed by atoms with Gasteiger partial charge in [0, 0.05) is 24.6 Å². The van der Waals surface area contributed by atoms with E-state index in [9.17, 15) is 23.4 Å². The van der Waals surface area contributed by atoms with Crippen LogP contribution >= 0.6 is 0 Å². The van der Waals surface area contributed by atoms with Crippen molar-refractivity contribution in [2.24, 2.45) is 5.41 Å². The maximum absolute atomic E-state index is 13.4. The minimum atomic E-state index is -1.97. The number of hydrogen-bond donors (Lipinski definition) is 2. The molecule has 3 amide bonds. The van der Waals surface area contributed by atoms with Crippen molar-refractivity contribution >= 4 is 40.5 Å². The monoisotopic (exact) mass is 499 g/mol. The standard InChI is InChI=1S/C21H29N3O9S/c1-20(2,3)16(25)15(24-18(27)21(4,5)32-19(24)28)17(26)23-11-9-13(31-8)14(10-12(11)30-7)34(29)33-22-6/h9-10,15,22H,1-8H3,(H,23,26). The minimum Gasteiger partial charge on any atom is -0.495 e. The Morgan fingerprint density at radius 2 is 1.71 bits per heavy atom. The smallest absolute Gasteiger partial charge is 0.418 e. The number of methoxy groups -OCH3 is 2. The van der Waals surface area contributed by atoms with E-state index in [4.69, 9.17) is 18.5 Å².